The van der Waals surface area contributed by atoms with E-state index in [-0.39, 0.29) is 27.8 Å². The van der Waals surface area contributed by atoms with Gasteiger partial charge in [0.15, 0.2) is 10.9 Å². The highest BCUT2D eigenvalue weighted by Crippen LogP contribution is 2.33. The van der Waals surface area contributed by atoms with Crippen LogP contribution in [0.15, 0.2) is 29.9 Å². The molecule has 0 aliphatic carbocycles. The molecular formula is C14H13Cl2NO5. The van der Waals surface area contributed by atoms with E-state index in [1.54, 1.807) is 13.0 Å². The van der Waals surface area contributed by atoms with E-state index in [1.165, 1.54) is 19.4 Å². The number of pyridine rings is 1. The van der Waals surface area contributed by atoms with Crippen molar-refractivity contribution in [1.82, 2.24) is 4.98 Å². The van der Waals surface area contributed by atoms with E-state index in [4.69, 9.17) is 42.1 Å². The van der Waals surface area contributed by atoms with Gasteiger partial charge in [0.05, 0.1) is 19.3 Å². The van der Waals surface area contributed by atoms with Crippen molar-refractivity contribution in [3.8, 4) is 11.6 Å². The third-order valence-corrected chi connectivity index (χ3v) is 3.15. The third-order valence-electron chi connectivity index (χ3n) is 2.61. The summed E-state index contributed by atoms with van der Waals surface area (Å²) in [5, 5.41) is 0.326. The van der Waals surface area contributed by atoms with Gasteiger partial charge in [-0.2, -0.15) is 4.98 Å². The molecule has 0 spiro atoms. The molecule has 0 aromatic carbocycles. The maximum atomic E-state index is 11.5. The van der Waals surface area contributed by atoms with Gasteiger partial charge in [-0.05, 0) is 6.92 Å². The van der Waals surface area contributed by atoms with Gasteiger partial charge >= 0.3 is 5.97 Å². The maximum Gasteiger partial charge on any atom is 0.337 e. The smallest absolute Gasteiger partial charge is 0.337 e. The van der Waals surface area contributed by atoms with Crippen molar-refractivity contribution in [3.05, 3.63) is 40.1 Å². The summed E-state index contributed by atoms with van der Waals surface area (Å²) in [5.41, 5.74) is 0.395. The number of nitrogens with zero attached hydrogens (tertiary/aromatic N) is 1. The van der Waals surface area contributed by atoms with Gasteiger partial charge in [0.25, 0.3) is 5.95 Å². The van der Waals surface area contributed by atoms with E-state index in [1.807, 2.05) is 0 Å². The Morgan fingerprint density at radius 2 is 2.23 bits per heavy atom. The van der Waals surface area contributed by atoms with E-state index in [9.17, 15) is 4.79 Å². The van der Waals surface area contributed by atoms with Crippen molar-refractivity contribution in [3.63, 3.8) is 0 Å². The molecule has 0 saturated carbocycles. The second-order valence-electron chi connectivity index (χ2n) is 4.08. The van der Waals surface area contributed by atoms with Gasteiger partial charge in [0.1, 0.15) is 11.3 Å². The molecule has 1 aromatic rings. The molecule has 0 radical (unpaired) electrons. The first kappa shape index (κ1) is 16.5. The molecule has 6 nitrogen and oxygen atoms in total. The zero-order valence-corrected chi connectivity index (χ0v) is 13.4. The third kappa shape index (κ3) is 3.84. The standard InChI is InChI=1S/C14H13Cl2NO5/c1-3-20-14(18)8-4-5-11(21-7-8)22-10-6-9(15)13(19-2)17-12(10)16/h5-7H,3-4H2,1-2H3. The fourth-order valence-electron chi connectivity index (χ4n) is 1.60. The van der Waals surface area contributed by atoms with Crippen LogP contribution in [0.25, 0.3) is 0 Å². The molecule has 0 saturated heterocycles. The summed E-state index contributed by atoms with van der Waals surface area (Å²) in [7, 11) is 1.43. The minimum Gasteiger partial charge on any atom is -0.480 e. The van der Waals surface area contributed by atoms with Gasteiger partial charge in [-0.3, -0.25) is 0 Å². The van der Waals surface area contributed by atoms with Crippen LogP contribution in [0.2, 0.25) is 10.2 Å². The first-order valence-electron chi connectivity index (χ1n) is 6.36. The summed E-state index contributed by atoms with van der Waals surface area (Å²) < 4.78 is 20.5. The fraction of sp³-hybridized carbons (Fsp3) is 0.286. The number of hydrogen-bond acceptors (Lipinski definition) is 6. The number of hydrogen-bond donors (Lipinski definition) is 0. The lowest BCUT2D eigenvalue weighted by molar-refractivity contribution is -0.138. The Labute approximate surface area is 137 Å². The summed E-state index contributed by atoms with van der Waals surface area (Å²) >= 11 is 11.9. The van der Waals surface area contributed by atoms with Crippen LogP contribution in [0.1, 0.15) is 13.3 Å². The number of carbonyl (C=O) groups excluding carboxylic acids is 1. The van der Waals surface area contributed by atoms with Crippen LogP contribution in [0.3, 0.4) is 0 Å². The van der Waals surface area contributed by atoms with E-state index in [0.717, 1.165) is 0 Å². The first-order chi connectivity index (χ1) is 10.5. The molecule has 0 bridgehead atoms. The molecule has 8 heteroatoms. The Morgan fingerprint density at radius 1 is 1.45 bits per heavy atom. The zero-order valence-electron chi connectivity index (χ0n) is 11.9. The number of aromatic nitrogens is 1. The van der Waals surface area contributed by atoms with Crippen molar-refractivity contribution < 1.29 is 23.7 Å². The summed E-state index contributed by atoms with van der Waals surface area (Å²) in [6, 6.07) is 1.46. The highest BCUT2D eigenvalue weighted by atomic mass is 35.5. The molecule has 0 amide bonds. The predicted molar refractivity (Wildman–Crippen MR) is 79.9 cm³/mol. The minimum atomic E-state index is -0.426. The molecule has 1 aliphatic rings. The molecule has 0 fully saturated rings. The number of esters is 1. The Kier molecular flexibility index (Phi) is 5.51. The minimum absolute atomic E-state index is 0.0749. The van der Waals surface area contributed by atoms with E-state index in [2.05, 4.69) is 4.98 Å². The summed E-state index contributed by atoms with van der Waals surface area (Å²) in [4.78, 5) is 15.5. The molecule has 0 atom stereocenters. The number of methoxy groups -OCH3 is 1. The van der Waals surface area contributed by atoms with Crippen LogP contribution in [-0.4, -0.2) is 24.7 Å². The summed E-state index contributed by atoms with van der Waals surface area (Å²) in [6.07, 6.45) is 3.18. The van der Waals surface area contributed by atoms with Crippen molar-refractivity contribution in [1.29, 1.82) is 0 Å². The lowest BCUT2D eigenvalue weighted by Gasteiger charge is -2.15. The van der Waals surface area contributed by atoms with Gasteiger partial charge in [0, 0.05) is 18.6 Å². The Morgan fingerprint density at radius 3 is 2.82 bits per heavy atom. The van der Waals surface area contributed by atoms with E-state index < -0.39 is 5.97 Å². The highest BCUT2D eigenvalue weighted by molar-refractivity contribution is 6.34. The number of allylic oxidation sites excluding steroid dienone is 1. The SMILES string of the molecule is CCOC(=O)C1=COC(Oc2cc(Cl)c(OC)nc2Cl)=CC1. The molecule has 2 heterocycles. The largest absolute Gasteiger partial charge is 0.480 e. The van der Waals surface area contributed by atoms with Crippen LogP contribution in [0.5, 0.6) is 11.6 Å². The summed E-state index contributed by atoms with van der Waals surface area (Å²) in [6.45, 7) is 2.03. The topological polar surface area (TPSA) is 66.9 Å². The predicted octanol–water partition coefficient (Wildman–Crippen LogP) is 3.48. The second kappa shape index (κ2) is 7.38. The molecule has 1 aromatic heterocycles. The van der Waals surface area contributed by atoms with Crippen molar-refractivity contribution >= 4 is 29.2 Å². The number of halogens is 2. The molecule has 22 heavy (non-hydrogen) atoms. The van der Waals surface area contributed by atoms with Gasteiger partial charge in [0.2, 0.25) is 5.88 Å². The van der Waals surface area contributed by atoms with E-state index >= 15 is 0 Å². The van der Waals surface area contributed by atoms with Crippen molar-refractivity contribution in [2.45, 2.75) is 13.3 Å². The number of rotatable bonds is 5. The first-order valence-corrected chi connectivity index (χ1v) is 7.11. The lowest BCUT2D eigenvalue weighted by atomic mass is 10.2. The number of ether oxygens (including phenoxy) is 4. The average molecular weight is 346 g/mol. The molecule has 2 rings (SSSR count). The average Bonchev–Trinajstić information content (AvgIpc) is 2.51. The molecule has 1 aliphatic heterocycles. The quantitative estimate of drug-likeness (QED) is 0.601. The number of carbonyl (C=O) groups is 1. The fourth-order valence-corrected chi connectivity index (χ4v) is 1.99. The lowest BCUT2D eigenvalue weighted by Crippen LogP contribution is -2.11. The van der Waals surface area contributed by atoms with Crippen LogP contribution >= 0.6 is 23.2 Å². The van der Waals surface area contributed by atoms with Crippen LogP contribution < -0.4 is 9.47 Å². The van der Waals surface area contributed by atoms with Crippen LogP contribution in [0.4, 0.5) is 0 Å². The Bertz CT molecular complexity index is 642. The molecule has 118 valence electrons. The van der Waals surface area contributed by atoms with Gasteiger partial charge in [-0.1, -0.05) is 23.2 Å². The molecular weight excluding hydrogens is 333 g/mol. The van der Waals surface area contributed by atoms with Crippen molar-refractivity contribution in [2.24, 2.45) is 0 Å². The Balaban J connectivity index is 2.05. The zero-order chi connectivity index (χ0) is 16.1. The van der Waals surface area contributed by atoms with E-state index in [0.29, 0.717) is 18.6 Å². The van der Waals surface area contributed by atoms with Crippen LogP contribution in [0, 0.1) is 0 Å². The van der Waals surface area contributed by atoms with Gasteiger partial charge < -0.3 is 18.9 Å². The van der Waals surface area contributed by atoms with Crippen molar-refractivity contribution in [2.75, 3.05) is 13.7 Å². The van der Waals surface area contributed by atoms with Gasteiger partial charge in [-0.15, -0.1) is 0 Å². The maximum absolute atomic E-state index is 11.5. The second-order valence-corrected chi connectivity index (χ2v) is 4.84. The Hall–Kier alpha value is -1.92. The molecule has 0 unspecified atom stereocenters. The highest BCUT2D eigenvalue weighted by Gasteiger charge is 2.18. The van der Waals surface area contributed by atoms with Gasteiger partial charge in [-0.25, -0.2) is 4.79 Å². The molecule has 0 N–H and O–H groups in total. The monoisotopic (exact) mass is 345 g/mol. The normalized spacial score (nSPS) is 13.6. The summed E-state index contributed by atoms with van der Waals surface area (Å²) in [5.74, 6) is 0.150. The van der Waals surface area contributed by atoms with Crippen LogP contribution in [-0.2, 0) is 14.3 Å².